The maximum absolute atomic E-state index is 11.9. The lowest BCUT2D eigenvalue weighted by Crippen LogP contribution is -2.30. The van der Waals surface area contributed by atoms with Gasteiger partial charge in [-0.05, 0) is 47.2 Å². The summed E-state index contributed by atoms with van der Waals surface area (Å²) in [5.74, 6) is 0.797. The first kappa shape index (κ1) is 16.1. The van der Waals surface area contributed by atoms with Gasteiger partial charge in [0, 0.05) is 11.6 Å². The Balaban J connectivity index is 2.58. The summed E-state index contributed by atoms with van der Waals surface area (Å²) in [6.07, 6.45) is 1.49. The normalized spacial score (nSPS) is 13.7. The Labute approximate surface area is 115 Å². The van der Waals surface area contributed by atoms with Gasteiger partial charge in [-0.25, -0.2) is 13.1 Å². The van der Waals surface area contributed by atoms with Gasteiger partial charge in [-0.1, -0.05) is 5.16 Å². The second-order valence-electron chi connectivity index (χ2n) is 4.71. The fourth-order valence-electron chi connectivity index (χ4n) is 2.09. The summed E-state index contributed by atoms with van der Waals surface area (Å²) in [5, 5.41) is 6.83. The van der Waals surface area contributed by atoms with E-state index in [0.29, 0.717) is 12.2 Å². The summed E-state index contributed by atoms with van der Waals surface area (Å²) in [6, 6.07) is -0.319. The molecule has 1 heterocycles. The van der Waals surface area contributed by atoms with Gasteiger partial charge in [0.1, 0.15) is 5.76 Å². The molecule has 0 saturated carbocycles. The molecule has 0 aliphatic rings. The van der Waals surface area contributed by atoms with E-state index in [1.165, 1.54) is 0 Å². The van der Waals surface area contributed by atoms with E-state index in [4.69, 9.17) is 4.52 Å². The van der Waals surface area contributed by atoms with Crippen molar-refractivity contribution in [2.75, 3.05) is 19.3 Å². The minimum absolute atomic E-state index is 0.141. The summed E-state index contributed by atoms with van der Waals surface area (Å²) in [5.41, 5.74) is 1.54. The molecule has 1 aromatic rings. The van der Waals surface area contributed by atoms with Crippen molar-refractivity contribution in [2.45, 2.75) is 39.7 Å². The van der Waals surface area contributed by atoms with Crippen LogP contribution in [0.25, 0.3) is 0 Å². The standard InChI is InChI=1S/C12H23N3O3S/c1-9-12(11(3)18-14-9)10(2)15-19(16,17)8-6-5-7-13-4/h10,13,15H,5-8H2,1-4H3. The molecule has 110 valence electrons. The van der Waals surface area contributed by atoms with Gasteiger partial charge in [0.15, 0.2) is 0 Å². The van der Waals surface area contributed by atoms with E-state index in [2.05, 4.69) is 15.2 Å². The van der Waals surface area contributed by atoms with Crippen molar-refractivity contribution in [1.29, 1.82) is 0 Å². The second kappa shape index (κ2) is 7.02. The van der Waals surface area contributed by atoms with Crippen molar-refractivity contribution in [1.82, 2.24) is 15.2 Å². The van der Waals surface area contributed by atoms with Gasteiger partial charge in [-0.15, -0.1) is 0 Å². The molecule has 0 radical (unpaired) electrons. The van der Waals surface area contributed by atoms with Crippen LogP contribution in [0.2, 0.25) is 0 Å². The monoisotopic (exact) mass is 289 g/mol. The average Bonchev–Trinajstić information content (AvgIpc) is 2.64. The van der Waals surface area contributed by atoms with Gasteiger partial charge < -0.3 is 9.84 Å². The van der Waals surface area contributed by atoms with E-state index >= 15 is 0 Å². The first-order valence-electron chi connectivity index (χ1n) is 6.44. The molecule has 2 N–H and O–H groups in total. The van der Waals surface area contributed by atoms with Gasteiger partial charge in [0.2, 0.25) is 10.0 Å². The number of hydrogen-bond donors (Lipinski definition) is 2. The number of nitrogens with one attached hydrogen (secondary N) is 2. The van der Waals surface area contributed by atoms with E-state index in [1.807, 2.05) is 14.0 Å². The molecule has 0 spiro atoms. The molecule has 0 aliphatic carbocycles. The number of unbranched alkanes of at least 4 members (excludes halogenated alkanes) is 1. The minimum atomic E-state index is -3.27. The number of rotatable bonds is 8. The highest BCUT2D eigenvalue weighted by Gasteiger charge is 2.21. The van der Waals surface area contributed by atoms with Gasteiger partial charge in [-0.2, -0.15) is 0 Å². The quantitative estimate of drug-likeness (QED) is 0.704. The van der Waals surface area contributed by atoms with Crippen LogP contribution < -0.4 is 10.0 Å². The van der Waals surface area contributed by atoms with Crippen LogP contribution in [0.15, 0.2) is 4.52 Å². The van der Waals surface area contributed by atoms with Crippen molar-refractivity contribution >= 4 is 10.0 Å². The second-order valence-corrected chi connectivity index (χ2v) is 6.58. The van der Waals surface area contributed by atoms with Crippen LogP contribution in [0.3, 0.4) is 0 Å². The van der Waals surface area contributed by atoms with E-state index in [0.717, 1.165) is 24.2 Å². The SMILES string of the molecule is CNCCCCS(=O)(=O)NC(C)c1c(C)noc1C. The third-order valence-electron chi connectivity index (χ3n) is 2.97. The molecule has 0 amide bonds. The van der Waals surface area contributed by atoms with Gasteiger partial charge in [0.25, 0.3) is 0 Å². The molecule has 1 rings (SSSR count). The van der Waals surface area contributed by atoms with Crippen molar-refractivity contribution in [3.05, 3.63) is 17.0 Å². The number of sulfonamides is 1. The van der Waals surface area contributed by atoms with Crippen LogP contribution >= 0.6 is 0 Å². The Morgan fingerprint density at radius 1 is 1.32 bits per heavy atom. The van der Waals surface area contributed by atoms with E-state index < -0.39 is 10.0 Å². The number of aryl methyl sites for hydroxylation is 2. The molecule has 7 heteroatoms. The Hall–Kier alpha value is -0.920. The number of nitrogens with zero attached hydrogens (tertiary/aromatic N) is 1. The van der Waals surface area contributed by atoms with Crippen molar-refractivity contribution in [2.24, 2.45) is 0 Å². The number of hydrogen-bond acceptors (Lipinski definition) is 5. The molecule has 0 bridgehead atoms. The lowest BCUT2D eigenvalue weighted by atomic mass is 10.1. The predicted molar refractivity (Wildman–Crippen MR) is 74.5 cm³/mol. The summed E-state index contributed by atoms with van der Waals surface area (Å²) in [6.45, 7) is 6.23. The fraction of sp³-hybridized carbons (Fsp3) is 0.750. The zero-order chi connectivity index (χ0) is 14.5. The van der Waals surface area contributed by atoms with Crippen LogP contribution in [-0.2, 0) is 10.0 Å². The van der Waals surface area contributed by atoms with E-state index in [9.17, 15) is 8.42 Å². The van der Waals surface area contributed by atoms with Crippen LogP contribution in [-0.4, -0.2) is 32.9 Å². The molecule has 0 aliphatic heterocycles. The van der Waals surface area contributed by atoms with Gasteiger partial charge >= 0.3 is 0 Å². The Kier molecular flexibility index (Phi) is 5.96. The Bertz CT molecular complexity index is 477. The summed E-state index contributed by atoms with van der Waals surface area (Å²) < 4.78 is 31.6. The van der Waals surface area contributed by atoms with Crippen molar-refractivity contribution < 1.29 is 12.9 Å². The molecule has 0 fully saturated rings. The van der Waals surface area contributed by atoms with Crippen molar-refractivity contribution in [3.8, 4) is 0 Å². The third-order valence-corrected chi connectivity index (χ3v) is 4.51. The van der Waals surface area contributed by atoms with Crippen LogP contribution in [0.5, 0.6) is 0 Å². The number of aromatic nitrogens is 1. The average molecular weight is 289 g/mol. The van der Waals surface area contributed by atoms with E-state index in [-0.39, 0.29) is 11.8 Å². The van der Waals surface area contributed by atoms with Crippen molar-refractivity contribution in [3.63, 3.8) is 0 Å². The van der Waals surface area contributed by atoms with E-state index in [1.54, 1.807) is 13.8 Å². The zero-order valence-electron chi connectivity index (χ0n) is 12.0. The minimum Gasteiger partial charge on any atom is -0.361 e. The molecular weight excluding hydrogens is 266 g/mol. The fourth-order valence-corrected chi connectivity index (χ4v) is 3.45. The molecule has 1 atom stereocenters. The molecule has 1 aromatic heterocycles. The van der Waals surface area contributed by atoms with Crippen LogP contribution in [0.1, 0.15) is 42.8 Å². The lowest BCUT2D eigenvalue weighted by molar-refractivity contribution is 0.391. The molecule has 19 heavy (non-hydrogen) atoms. The smallest absolute Gasteiger partial charge is 0.212 e. The third kappa shape index (κ3) is 4.93. The van der Waals surface area contributed by atoms with Crippen LogP contribution in [0, 0.1) is 13.8 Å². The molecule has 0 aromatic carbocycles. The Morgan fingerprint density at radius 3 is 2.53 bits per heavy atom. The van der Waals surface area contributed by atoms with Gasteiger partial charge in [-0.3, -0.25) is 0 Å². The largest absolute Gasteiger partial charge is 0.361 e. The maximum Gasteiger partial charge on any atom is 0.212 e. The lowest BCUT2D eigenvalue weighted by Gasteiger charge is -2.14. The molecule has 1 unspecified atom stereocenters. The Morgan fingerprint density at radius 2 is 2.00 bits per heavy atom. The zero-order valence-corrected chi connectivity index (χ0v) is 12.8. The van der Waals surface area contributed by atoms with Crippen LogP contribution in [0.4, 0.5) is 0 Å². The summed E-state index contributed by atoms with van der Waals surface area (Å²) in [7, 11) is -1.41. The first-order chi connectivity index (χ1) is 8.87. The first-order valence-corrected chi connectivity index (χ1v) is 8.10. The molecule has 0 saturated heterocycles. The highest BCUT2D eigenvalue weighted by Crippen LogP contribution is 2.21. The maximum atomic E-state index is 11.9. The predicted octanol–water partition coefficient (Wildman–Crippen LogP) is 1.27. The summed E-state index contributed by atoms with van der Waals surface area (Å²) in [4.78, 5) is 0. The highest BCUT2D eigenvalue weighted by molar-refractivity contribution is 7.89. The molecule has 6 nitrogen and oxygen atoms in total. The van der Waals surface area contributed by atoms with Gasteiger partial charge in [0.05, 0.1) is 11.4 Å². The summed E-state index contributed by atoms with van der Waals surface area (Å²) >= 11 is 0. The topological polar surface area (TPSA) is 84.2 Å². The highest BCUT2D eigenvalue weighted by atomic mass is 32.2. The molecular formula is C12H23N3O3S.